The van der Waals surface area contributed by atoms with E-state index in [4.69, 9.17) is 9.25 Å². The van der Waals surface area contributed by atoms with E-state index in [1.807, 2.05) is 49.4 Å². The van der Waals surface area contributed by atoms with E-state index in [1.54, 1.807) is 36.0 Å². The first-order valence-electron chi connectivity index (χ1n) is 20.2. The molecule has 3 aromatic carbocycles. The first-order valence-corrected chi connectivity index (χ1v) is 21.2. The van der Waals surface area contributed by atoms with Gasteiger partial charge in [-0.25, -0.2) is 4.79 Å². The summed E-state index contributed by atoms with van der Waals surface area (Å²) in [6.07, 6.45) is 8.12. The van der Waals surface area contributed by atoms with E-state index in [1.165, 1.54) is 18.2 Å². The maximum absolute atomic E-state index is 13.4. The minimum absolute atomic E-state index is 0.0446. The smallest absolute Gasteiger partial charge is 0.333 e. The Kier molecular flexibility index (Phi) is 14.9. The molecule has 3 aliphatic rings. The Bertz CT molecular complexity index is 2310. The molecule has 6 rings (SSSR count). The molecule has 13 heteroatoms. The molecule has 59 heavy (non-hydrogen) atoms. The van der Waals surface area contributed by atoms with E-state index in [0.29, 0.717) is 28.4 Å². The molecule has 0 aromatic heterocycles. The van der Waals surface area contributed by atoms with Crippen molar-refractivity contribution in [1.82, 2.24) is 15.7 Å². The van der Waals surface area contributed by atoms with Gasteiger partial charge in [0.05, 0.1) is 0 Å². The zero-order valence-corrected chi connectivity index (χ0v) is 33.9. The predicted molar refractivity (Wildman–Crippen MR) is 227 cm³/mol. The van der Waals surface area contributed by atoms with Crippen LogP contribution in [0.4, 0.5) is 0 Å². The van der Waals surface area contributed by atoms with Gasteiger partial charge in [-0.15, -0.1) is 16.8 Å². The second-order valence-corrected chi connectivity index (χ2v) is 15.9. The number of rotatable bonds is 20. The Balaban J connectivity index is 0.916. The number of hydrogen-bond acceptors (Lipinski definition) is 10. The number of nitrogens with zero attached hydrogens (tertiary/aromatic N) is 1. The number of carbonyl (C=O) groups is 5. The van der Waals surface area contributed by atoms with Crippen molar-refractivity contribution in [3.8, 4) is 28.2 Å². The van der Waals surface area contributed by atoms with Gasteiger partial charge in [0.15, 0.2) is 5.43 Å². The lowest BCUT2D eigenvalue weighted by molar-refractivity contribution is -0.197. The van der Waals surface area contributed by atoms with Crippen LogP contribution in [0.25, 0.3) is 33.4 Å². The minimum Gasteiger partial charge on any atom is -0.508 e. The first kappa shape index (κ1) is 42.7. The standard InChI is InChI=1S/C46H49N3O9S/c1-30-27-32(16-19-35(30)43-36-20-17-33(50)28-38(36)57-39-29-34(51)18-21-37(39)43)45(55)47-24-25-48-46(56)44(31-13-9-8-10-14-31)59-26-12-7-5-3-2-4-6-11-15-42(54)58-49-40(52)22-23-41(49)53/h8-10,13-14,16-21,27-29,44,50H,2-7,11-12,15,22-26H2,1H3,(H,47,55)(H,48,56). The van der Waals surface area contributed by atoms with Gasteiger partial charge in [0.1, 0.15) is 22.3 Å². The van der Waals surface area contributed by atoms with Crippen molar-refractivity contribution in [2.75, 3.05) is 18.8 Å². The first-order chi connectivity index (χ1) is 28.6. The number of hydrogen-bond donors (Lipinski definition) is 3. The van der Waals surface area contributed by atoms with Gasteiger partial charge in [0.2, 0.25) is 5.91 Å². The average molecular weight is 820 g/mol. The number of benzene rings is 4. The molecule has 4 amide bonds. The lowest BCUT2D eigenvalue weighted by Gasteiger charge is -2.18. The molecular weight excluding hydrogens is 771 g/mol. The maximum atomic E-state index is 13.4. The van der Waals surface area contributed by atoms with Crippen LogP contribution in [0.15, 0.2) is 94.1 Å². The second-order valence-electron chi connectivity index (χ2n) is 14.7. The molecule has 1 saturated heterocycles. The minimum atomic E-state index is -0.550. The largest absolute Gasteiger partial charge is 0.508 e. The van der Waals surface area contributed by atoms with Crippen LogP contribution in [0.5, 0.6) is 5.75 Å². The second kappa shape index (κ2) is 20.6. The van der Waals surface area contributed by atoms with Crippen LogP contribution in [-0.4, -0.2) is 58.6 Å². The predicted octanol–water partition coefficient (Wildman–Crippen LogP) is 8.02. The van der Waals surface area contributed by atoms with Crippen LogP contribution in [-0.2, 0) is 24.0 Å². The van der Waals surface area contributed by atoms with Crippen molar-refractivity contribution >= 4 is 52.3 Å². The number of phenolic OH excluding ortho intramolecular Hbond substituents is 1. The van der Waals surface area contributed by atoms with Crippen molar-refractivity contribution in [2.24, 2.45) is 0 Å². The highest BCUT2D eigenvalue weighted by molar-refractivity contribution is 8.00. The van der Waals surface area contributed by atoms with Crippen LogP contribution >= 0.6 is 11.8 Å². The fourth-order valence-corrected chi connectivity index (χ4v) is 8.37. The molecule has 308 valence electrons. The summed E-state index contributed by atoms with van der Waals surface area (Å²) in [7, 11) is 0. The van der Waals surface area contributed by atoms with Crippen LogP contribution < -0.4 is 16.1 Å². The SMILES string of the molecule is Cc1cc(C(=O)NCCNC(=O)C(SCCCCCCCCCCC(=O)ON2C(=O)CCC2=O)c2ccccc2)ccc1-c1c2ccc(=O)cc-2oc2cc(O)ccc12. The summed E-state index contributed by atoms with van der Waals surface area (Å²) in [5.74, 6) is -0.581. The number of hydroxylamine groups is 2. The van der Waals surface area contributed by atoms with Gasteiger partial charge < -0.3 is 25.0 Å². The molecule has 1 fully saturated rings. The number of phenols is 1. The van der Waals surface area contributed by atoms with Crippen LogP contribution in [0, 0.1) is 6.92 Å². The number of aryl methyl sites for hydroxylation is 1. The van der Waals surface area contributed by atoms with Crippen LogP contribution in [0.2, 0.25) is 0 Å². The molecule has 0 radical (unpaired) electrons. The van der Waals surface area contributed by atoms with Gasteiger partial charge in [-0.2, -0.15) is 0 Å². The van der Waals surface area contributed by atoms with E-state index in [-0.39, 0.29) is 60.6 Å². The Hall–Kier alpha value is -5.95. The molecule has 2 aliphatic heterocycles. The molecule has 3 N–H and O–H groups in total. The van der Waals surface area contributed by atoms with E-state index in [0.717, 1.165) is 83.9 Å². The number of thioether (sulfide) groups is 1. The normalized spacial score (nSPS) is 13.2. The van der Waals surface area contributed by atoms with E-state index in [9.17, 15) is 33.9 Å². The summed E-state index contributed by atoms with van der Waals surface area (Å²) < 4.78 is 5.98. The van der Waals surface area contributed by atoms with E-state index in [2.05, 4.69) is 10.6 Å². The van der Waals surface area contributed by atoms with Crippen molar-refractivity contribution < 1.29 is 38.3 Å². The summed E-state index contributed by atoms with van der Waals surface area (Å²) in [5.41, 5.74) is 4.91. The third-order valence-corrected chi connectivity index (χ3v) is 11.6. The highest BCUT2D eigenvalue weighted by atomic mass is 32.2. The molecular formula is C46H49N3O9S. The highest BCUT2D eigenvalue weighted by Crippen LogP contribution is 2.42. The number of fused-ring (bicyclic) bond motifs is 2. The van der Waals surface area contributed by atoms with Crippen molar-refractivity contribution in [3.63, 3.8) is 0 Å². The van der Waals surface area contributed by atoms with Crippen LogP contribution in [0.3, 0.4) is 0 Å². The monoisotopic (exact) mass is 819 g/mol. The quantitative estimate of drug-likeness (QED) is 0.0397. The van der Waals surface area contributed by atoms with Gasteiger partial charge >= 0.3 is 5.97 Å². The van der Waals surface area contributed by atoms with Crippen molar-refractivity contribution in [3.05, 3.63) is 112 Å². The zero-order valence-electron chi connectivity index (χ0n) is 33.1. The molecule has 0 spiro atoms. The Labute approximate surface area is 347 Å². The fraction of sp³-hybridized carbons (Fsp3) is 0.348. The number of unbranched alkanes of at least 4 members (excludes halogenated alkanes) is 7. The topological polar surface area (TPSA) is 172 Å². The third-order valence-electron chi connectivity index (χ3n) is 10.2. The number of carbonyl (C=O) groups excluding carboxylic acids is 5. The number of imide groups is 1. The van der Waals surface area contributed by atoms with Gasteiger partial charge in [-0.05, 0) is 78.6 Å². The summed E-state index contributed by atoms with van der Waals surface area (Å²) >= 11 is 1.61. The van der Waals surface area contributed by atoms with Gasteiger partial charge in [-0.3, -0.25) is 24.0 Å². The Morgan fingerprint density at radius 2 is 1.46 bits per heavy atom. The summed E-state index contributed by atoms with van der Waals surface area (Å²) in [5, 5.41) is 17.0. The molecule has 1 unspecified atom stereocenters. The summed E-state index contributed by atoms with van der Waals surface area (Å²) in [4.78, 5) is 78.8. The number of aromatic hydroxyl groups is 1. The summed E-state index contributed by atoms with van der Waals surface area (Å²) in [6, 6.07) is 24.6. The number of amides is 4. The van der Waals surface area contributed by atoms with E-state index < -0.39 is 17.8 Å². The fourth-order valence-electron chi connectivity index (χ4n) is 7.18. The van der Waals surface area contributed by atoms with Gasteiger partial charge in [0, 0.05) is 66.6 Å². The average Bonchev–Trinajstić information content (AvgIpc) is 3.54. The molecule has 3 aromatic rings. The molecule has 0 bridgehead atoms. The molecule has 2 heterocycles. The number of nitrogens with one attached hydrogen (secondary N) is 2. The Morgan fingerprint density at radius 3 is 2.19 bits per heavy atom. The third kappa shape index (κ3) is 11.4. The van der Waals surface area contributed by atoms with E-state index >= 15 is 0 Å². The molecule has 12 nitrogen and oxygen atoms in total. The Morgan fingerprint density at radius 1 is 0.780 bits per heavy atom. The summed E-state index contributed by atoms with van der Waals surface area (Å²) in [6.45, 7) is 2.43. The maximum Gasteiger partial charge on any atom is 0.333 e. The van der Waals surface area contributed by atoms with Crippen LogP contribution in [0.1, 0.15) is 97.4 Å². The van der Waals surface area contributed by atoms with Gasteiger partial charge in [-0.1, -0.05) is 74.9 Å². The van der Waals surface area contributed by atoms with Crippen molar-refractivity contribution in [1.29, 1.82) is 0 Å². The van der Waals surface area contributed by atoms with Gasteiger partial charge in [0.25, 0.3) is 17.7 Å². The zero-order chi connectivity index (χ0) is 41.7. The molecule has 1 atom stereocenters. The van der Waals surface area contributed by atoms with Crippen molar-refractivity contribution in [2.45, 2.75) is 82.8 Å². The molecule has 1 aliphatic carbocycles. The lowest BCUT2D eigenvalue weighted by Crippen LogP contribution is -2.36. The lowest BCUT2D eigenvalue weighted by atomic mass is 9.90. The molecule has 0 saturated carbocycles. The highest BCUT2D eigenvalue weighted by Gasteiger charge is 2.32.